The molecule has 0 amide bonds. The van der Waals surface area contributed by atoms with Crippen LogP contribution in [0.2, 0.25) is 0 Å². The lowest BCUT2D eigenvalue weighted by Gasteiger charge is -2.46. The third-order valence-corrected chi connectivity index (χ3v) is 4.56. The molecule has 2 aliphatic heterocycles. The minimum Gasteiger partial charge on any atom is -0.373 e. The highest BCUT2D eigenvalue weighted by molar-refractivity contribution is 5.02. The van der Waals surface area contributed by atoms with Crippen molar-refractivity contribution in [2.24, 2.45) is 5.73 Å². The normalized spacial score (nSPS) is 39.7. The molecule has 0 bridgehead atoms. The second kappa shape index (κ2) is 5.45. The minimum absolute atomic E-state index is 0.177. The smallest absolute Gasteiger partial charge is 0.0678 e. The van der Waals surface area contributed by atoms with Crippen molar-refractivity contribution in [3.05, 3.63) is 0 Å². The van der Waals surface area contributed by atoms with E-state index in [1.807, 2.05) is 0 Å². The van der Waals surface area contributed by atoms with Gasteiger partial charge in [0, 0.05) is 44.3 Å². The molecule has 0 aromatic rings. The highest BCUT2D eigenvalue weighted by Gasteiger charge is 2.44. The Labute approximate surface area is 111 Å². The van der Waals surface area contributed by atoms with Gasteiger partial charge in [-0.25, -0.2) is 0 Å². The summed E-state index contributed by atoms with van der Waals surface area (Å²) in [5.41, 5.74) is 6.32. The third-order valence-electron chi connectivity index (χ3n) is 4.56. The van der Waals surface area contributed by atoms with Gasteiger partial charge in [0.15, 0.2) is 0 Å². The summed E-state index contributed by atoms with van der Waals surface area (Å²) in [5.74, 6) is 0. The zero-order chi connectivity index (χ0) is 13.3. The van der Waals surface area contributed by atoms with E-state index in [2.05, 4.69) is 37.5 Å². The van der Waals surface area contributed by atoms with E-state index in [0.29, 0.717) is 18.2 Å². The summed E-state index contributed by atoms with van der Waals surface area (Å²) in [4.78, 5) is 5.14. The summed E-state index contributed by atoms with van der Waals surface area (Å²) in [7, 11) is 0. The van der Waals surface area contributed by atoms with Crippen molar-refractivity contribution >= 4 is 0 Å². The van der Waals surface area contributed by atoms with Crippen molar-refractivity contribution in [1.82, 2.24) is 9.80 Å². The van der Waals surface area contributed by atoms with Gasteiger partial charge < -0.3 is 10.5 Å². The van der Waals surface area contributed by atoms with Crippen LogP contribution in [0.4, 0.5) is 0 Å². The van der Waals surface area contributed by atoms with Gasteiger partial charge in [-0.15, -0.1) is 0 Å². The van der Waals surface area contributed by atoms with E-state index in [1.54, 1.807) is 0 Å². The molecular weight excluding hydrogens is 226 g/mol. The van der Waals surface area contributed by atoms with E-state index >= 15 is 0 Å². The topological polar surface area (TPSA) is 41.7 Å². The number of hydrogen-bond acceptors (Lipinski definition) is 4. The summed E-state index contributed by atoms with van der Waals surface area (Å²) >= 11 is 0. The van der Waals surface area contributed by atoms with Gasteiger partial charge in [0.1, 0.15) is 0 Å². The maximum atomic E-state index is 6.14. The predicted octanol–water partition coefficient (Wildman–Crippen LogP) is 0.907. The van der Waals surface area contributed by atoms with Crippen molar-refractivity contribution < 1.29 is 4.74 Å². The molecule has 106 valence electrons. The van der Waals surface area contributed by atoms with E-state index in [-0.39, 0.29) is 5.54 Å². The number of ether oxygens (including phenoxy) is 1. The average molecular weight is 255 g/mol. The molecule has 3 atom stereocenters. The Morgan fingerprint density at radius 2 is 1.89 bits per heavy atom. The molecule has 0 spiro atoms. The van der Waals surface area contributed by atoms with Crippen molar-refractivity contribution in [2.45, 2.75) is 57.9 Å². The number of nitrogens with zero attached hydrogens (tertiary/aromatic N) is 2. The quantitative estimate of drug-likeness (QED) is 0.814. The molecule has 0 aliphatic carbocycles. The molecule has 2 rings (SSSR count). The fourth-order valence-corrected chi connectivity index (χ4v) is 3.45. The van der Waals surface area contributed by atoms with Crippen LogP contribution in [-0.4, -0.2) is 66.3 Å². The van der Waals surface area contributed by atoms with Crippen LogP contribution >= 0.6 is 0 Å². The first-order valence-electron chi connectivity index (χ1n) is 7.31. The van der Waals surface area contributed by atoms with Gasteiger partial charge in [-0.05, 0) is 34.1 Å². The van der Waals surface area contributed by atoms with Crippen LogP contribution in [0.1, 0.15) is 34.1 Å². The molecular formula is C14H29N3O. The Kier molecular flexibility index (Phi) is 4.32. The van der Waals surface area contributed by atoms with E-state index in [1.165, 1.54) is 13.0 Å². The maximum absolute atomic E-state index is 6.14. The fourth-order valence-electron chi connectivity index (χ4n) is 3.45. The zero-order valence-corrected chi connectivity index (χ0v) is 12.4. The van der Waals surface area contributed by atoms with E-state index in [4.69, 9.17) is 10.5 Å². The Bertz CT molecular complexity index is 274. The number of rotatable bonds is 3. The highest BCUT2D eigenvalue weighted by Crippen LogP contribution is 2.31. The molecule has 0 aromatic heterocycles. The largest absolute Gasteiger partial charge is 0.373 e. The first-order chi connectivity index (χ1) is 8.47. The van der Waals surface area contributed by atoms with Crippen LogP contribution in [-0.2, 0) is 4.74 Å². The second-order valence-electron chi connectivity index (χ2n) is 6.40. The zero-order valence-electron chi connectivity index (χ0n) is 12.4. The number of likely N-dealkylation sites (tertiary alicyclic amines) is 1. The number of morpholine rings is 1. The van der Waals surface area contributed by atoms with E-state index < -0.39 is 0 Å². The van der Waals surface area contributed by atoms with Crippen LogP contribution in [0.5, 0.6) is 0 Å². The summed E-state index contributed by atoms with van der Waals surface area (Å²) in [6, 6.07) is 0.620. The molecule has 0 aromatic carbocycles. The lowest BCUT2D eigenvalue weighted by molar-refractivity contribution is -0.0988. The van der Waals surface area contributed by atoms with Crippen molar-refractivity contribution in [3.8, 4) is 0 Å². The van der Waals surface area contributed by atoms with Gasteiger partial charge in [-0.2, -0.15) is 0 Å². The minimum atomic E-state index is 0.177. The standard InChI is InChI=1S/C14H29N3O/c1-11(2)16-6-5-14(9-15,10-16)17-7-12(3)18-13(4)8-17/h11-13H,5-10,15H2,1-4H3. The Morgan fingerprint density at radius 3 is 2.33 bits per heavy atom. The van der Waals surface area contributed by atoms with Crippen LogP contribution in [0, 0.1) is 0 Å². The maximum Gasteiger partial charge on any atom is 0.0678 e. The Hall–Kier alpha value is -0.160. The summed E-state index contributed by atoms with van der Waals surface area (Å²) in [6.07, 6.45) is 1.84. The molecule has 0 radical (unpaired) electrons. The van der Waals surface area contributed by atoms with Crippen LogP contribution < -0.4 is 5.73 Å². The molecule has 4 heteroatoms. The molecule has 2 aliphatic rings. The monoisotopic (exact) mass is 255 g/mol. The Morgan fingerprint density at radius 1 is 1.28 bits per heavy atom. The number of nitrogens with two attached hydrogens (primary N) is 1. The summed E-state index contributed by atoms with van der Waals surface area (Å²) in [6.45, 7) is 14.0. The number of hydrogen-bond donors (Lipinski definition) is 1. The van der Waals surface area contributed by atoms with Crippen LogP contribution in [0.15, 0.2) is 0 Å². The van der Waals surface area contributed by atoms with Crippen molar-refractivity contribution in [3.63, 3.8) is 0 Å². The first-order valence-corrected chi connectivity index (χ1v) is 7.31. The molecule has 0 saturated carbocycles. The molecule has 4 nitrogen and oxygen atoms in total. The summed E-state index contributed by atoms with van der Waals surface area (Å²) in [5, 5.41) is 0. The van der Waals surface area contributed by atoms with Gasteiger partial charge in [-0.1, -0.05) is 0 Å². The average Bonchev–Trinajstić information content (AvgIpc) is 2.73. The third kappa shape index (κ3) is 2.72. The van der Waals surface area contributed by atoms with Gasteiger partial charge in [0.05, 0.1) is 12.2 Å². The van der Waals surface area contributed by atoms with E-state index in [0.717, 1.165) is 26.2 Å². The lowest BCUT2D eigenvalue weighted by atomic mass is 9.94. The molecule has 2 fully saturated rings. The van der Waals surface area contributed by atoms with Gasteiger partial charge in [0.25, 0.3) is 0 Å². The van der Waals surface area contributed by atoms with Crippen molar-refractivity contribution in [2.75, 3.05) is 32.7 Å². The fraction of sp³-hybridized carbons (Fsp3) is 1.00. The predicted molar refractivity (Wildman–Crippen MR) is 74.7 cm³/mol. The van der Waals surface area contributed by atoms with Crippen molar-refractivity contribution in [1.29, 1.82) is 0 Å². The Balaban J connectivity index is 2.08. The summed E-state index contributed by atoms with van der Waals surface area (Å²) < 4.78 is 5.84. The SMILES string of the molecule is CC1CN(C2(CN)CCN(C(C)C)C2)CC(C)O1. The molecule has 18 heavy (non-hydrogen) atoms. The highest BCUT2D eigenvalue weighted by atomic mass is 16.5. The molecule has 2 heterocycles. The molecule has 2 N–H and O–H groups in total. The van der Waals surface area contributed by atoms with Gasteiger partial charge in [-0.3, -0.25) is 9.80 Å². The van der Waals surface area contributed by atoms with Crippen LogP contribution in [0.3, 0.4) is 0 Å². The van der Waals surface area contributed by atoms with E-state index in [9.17, 15) is 0 Å². The molecule has 2 saturated heterocycles. The van der Waals surface area contributed by atoms with Gasteiger partial charge >= 0.3 is 0 Å². The second-order valence-corrected chi connectivity index (χ2v) is 6.40. The first kappa shape index (κ1) is 14.3. The van der Waals surface area contributed by atoms with Crippen LogP contribution in [0.25, 0.3) is 0 Å². The lowest BCUT2D eigenvalue weighted by Crippen LogP contribution is -2.61. The van der Waals surface area contributed by atoms with Gasteiger partial charge in [0.2, 0.25) is 0 Å². The molecule has 3 unspecified atom stereocenters.